The maximum absolute atomic E-state index is 12.7. The van der Waals surface area contributed by atoms with Gasteiger partial charge in [-0.1, -0.05) is 48.5 Å². The van der Waals surface area contributed by atoms with Crippen molar-refractivity contribution < 1.29 is 14.3 Å². The van der Waals surface area contributed by atoms with Gasteiger partial charge in [0.25, 0.3) is 5.91 Å². The van der Waals surface area contributed by atoms with Crippen molar-refractivity contribution in [1.29, 1.82) is 0 Å². The zero-order chi connectivity index (χ0) is 20.7. The van der Waals surface area contributed by atoms with Gasteiger partial charge in [0.2, 0.25) is 0 Å². The highest BCUT2D eigenvalue weighted by Crippen LogP contribution is 2.36. The number of carbonyl (C=O) groups excluding carboxylic acids is 2. The van der Waals surface area contributed by atoms with Crippen LogP contribution in [0.15, 0.2) is 78.9 Å². The van der Waals surface area contributed by atoms with E-state index in [1.54, 1.807) is 19.2 Å². The maximum atomic E-state index is 12.7. The van der Waals surface area contributed by atoms with Crippen LogP contribution in [0.4, 0.5) is 0 Å². The van der Waals surface area contributed by atoms with Crippen molar-refractivity contribution in [3.05, 3.63) is 101 Å². The van der Waals surface area contributed by atoms with E-state index in [9.17, 15) is 9.59 Å². The molecular formula is C26H19NO3. The zero-order valence-corrected chi connectivity index (χ0v) is 16.4. The summed E-state index contributed by atoms with van der Waals surface area (Å²) in [5.74, 6) is 0.591. The van der Waals surface area contributed by atoms with E-state index < -0.39 is 0 Å². The number of hydrogen-bond acceptors (Lipinski definition) is 3. The molecule has 0 atom stereocenters. The summed E-state index contributed by atoms with van der Waals surface area (Å²) in [5, 5.41) is 5.13. The van der Waals surface area contributed by atoms with Crippen LogP contribution in [0, 0.1) is 0 Å². The van der Waals surface area contributed by atoms with Crippen LogP contribution < -0.4 is 10.1 Å². The Labute approximate surface area is 174 Å². The topological polar surface area (TPSA) is 55.4 Å². The standard InChI is InChI=1S/C26H19NO3/c1-30-20-10-8-17-12-16(6-7-18(17)13-20)15-27-26(29)19-9-11-22-21-4-2-3-5-23(21)25(28)24(22)14-19/h2-14H,15H2,1H3,(H,27,29). The number of nitrogens with one attached hydrogen (secondary N) is 1. The van der Waals surface area contributed by atoms with E-state index in [-0.39, 0.29) is 11.7 Å². The molecule has 0 fully saturated rings. The van der Waals surface area contributed by atoms with Crippen molar-refractivity contribution in [1.82, 2.24) is 5.32 Å². The number of benzene rings is 4. The van der Waals surface area contributed by atoms with E-state index in [4.69, 9.17) is 4.74 Å². The van der Waals surface area contributed by atoms with E-state index in [1.165, 1.54) is 0 Å². The van der Waals surface area contributed by atoms with Gasteiger partial charge in [-0.25, -0.2) is 0 Å². The smallest absolute Gasteiger partial charge is 0.251 e. The molecule has 0 aromatic heterocycles. The van der Waals surface area contributed by atoms with Crippen molar-refractivity contribution in [2.75, 3.05) is 7.11 Å². The third-order valence-electron chi connectivity index (χ3n) is 5.55. The molecule has 0 heterocycles. The van der Waals surface area contributed by atoms with Crippen LogP contribution in [0.3, 0.4) is 0 Å². The van der Waals surface area contributed by atoms with Gasteiger partial charge < -0.3 is 10.1 Å². The highest BCUT2D eigenvalue weighted by atomic mass is 16.5. The molecule has 0 spiro atoms. The van der Waals surface area contributed by atoms with Crippen LogP contribution in [0.5, 0.6) is 5.75 Å². The molecule has 0 bridgehead atoms. The van der Waals surface area contributed by atoms with Gasteiger partial charge >= 0.3 is 0 Å². The highest BCUT2D eigenvalue weighted by Gasteiger charge is 2.26. The Bertz CT molecular complexity index is 1320. The van der Waals surface area contributed by atoms with Gasteiger partial charge in [0, 0.05) is 23.2 Å². The van der Waals surface area contributed by atoms with Gasteiger partial charge in [-0.2, -0.15) is 0 Å². The SMILES string of the molecule is COc1ccc2cc(CNC(=O)c3ccc4c(c3)C(=O)c3ccccc3-4)ccc2c1. The summed E-state index contributed by atoms with van der Waals surface area (Å²) in [6.07, 6.45) is 0. The van der Waals surface area contributed by atoms with E-state index in [1.807, 2.05) is 60.7 Å². The largest absolute Gasteiger partial charge is 0.497 e. The molecule has 146 valence electrons. The number of ketones is 1. The highest BCUT2D eigenvalue weighted by molar-refractivity contribution is 6.22. The molecule has 1 aliphatic rings. The Morgan fingerprint density at radius 1 is 0.800 bits per heavy atom. The van der Waals surface area contributed by atoms with Crippen molar-refractivity contribution in [2.45, 2.75) is 6.54 Å². The van der Waals surface area contributed by atoms with Gasteiger partial charge in [0.1, 0.15) is 5.75 Å². The van der Waals surface area contributed by atoms with Crippen molar-refractivity contribution in [2.24, 2.45) is 0 Å². The fourth-order valence-corrected chi connectivity index (χ4v) is 3.96. The first-order chi connectivity index (χ1) is 14.6. The minimum absolute atomic E-state index is 0.0276. The molecule has 0 radical (unpaired) electrons. The number of hydrogen-bond donors (Lipinski definition) is 1. The Morgan fingerprint density at radius 3 is 2.37 bits per heavy atom. The van der Waals surface area contributed by atoms with Crippen molar-refractivity contribution >= 4 is 22.5 Å². The molecule has 0 unspecified atom stereocenters. The Morgan fingerprint density at radius 2 is 1.53 bits per heavy atom. The number of amides is 1. The van der Waals surface area contributed by atoms with Crippen molar-refractivity contribution in [3.8, 4) is 16.9 Å². The first kappa shape index (κ1) is 18.1. The van der Waals surface area contributed by atoms with E-state index in [0.717, 1.165) is 33.2 Å². The molecule has 4 aromatic carbocycles. The molecule has 4 aromatic rings. The maximum Gasteiger partial charge on any atom is 0.251 e. The summed E-state index contributed by atoms with van der Waals surface area (Å²) in [6.45, 7) is 0.409. The summed E-state index contributed by atoms with van der Waals surface area (Å²) in [7, 11) is 1.65. The van der Waals surface area contributed by atoms with E-state index >= 15 is 0 Å². The molecule has 1 N–H and O–H groups in total. The predicted octanol–water partition coefficient (Wildman–Crippen LogP) is 4.99. The predicted molar refractivity (Wildman–Crippen MR) is 117 cm³/mol. The average Bonchev–Trinajstić information content (AvgIpc) is 3.08. The van der Waals surface area contributed by atoms with Crippen LogP contribution in [-0.4, -0.2) is 18.8 Å². The molecule has 1 amide bonds. The molecule has 0 aliphatic heterocycles. The number of methoxy groups -OCH3 is 1. The molecule has 30 heavy (non-hydrogen) atoms. The lowest BCUT2D eigenvalue weighted by atomic mass is 10.0. The average molecular weight is 393 g/mol. The fraction of sp³-hybridized carbons (Fsp3) is 0.0769. The molecular weight excluding hydrogens is 374 g/mol. The first-order valence-corrected chi connectivity index (χ1v) is 9.77. The van der Waals surface area contributed by atoms with Gasteiger partial charge in [-0.05, 0) is 57.8 Å². The van der Waals surface area contributed by atoms with E-state index in [0.29, 0.717) is 23.2 Å². The summed E-state index contributed by atoms with van der Waals surface area (Å²) in [5.41, 5.74) is 4.59. The second kappa shape index (κ2) is 7.16. The Balaban J connectivity index is 1.34. The summed E-state index contributed by atoms with van der Waals surface area (Å²) >= 11 is 0. The molecule has 1 aliphatic carbocycles. The van der Waals surface area contributed by atoms with Crippen LogP contribution >= 0.6 is 0 Å². The van der Waals surface area contributed by atoms with E-state index in [2.05, 4.69) is 11.4 Å². The van der Waals surface area contributed by atoms with Gasteiger partial charge in [-0.3, -0.25) is 9.59 Å². The third kappa shape index (κ3) is 3.03. The minimum Gasteiger partial charge on any atom is -0.497 e. The lowest BCUT2D eigenvalue weighted by molar-refractivity contribution is 0.0951. The monoisotopic (exact) mass is 393 g/mol. The number of fused-ring (bicyclic) bond motifs is 4. The van der Waals surface area contributed by atoms with Crippen LogP contribution in [-0.2, 0) is 6.54 Å². The summed E-state index contributed by atoms with van der Waals surface area (Å²) < 4.78 is 5.26. The second-order valence-electron chi connectivity index (χ2n) is 7.37. The lowest BCUT2D eigenvalue weighted by Crippen LogP contribution is -2.23. The van der Waals surface area contributed by atoms with Crippen LogP contribution in [0.1, 0.15) is 31.8 Å². The second-order valence-corrected chi connectivity index (χ2v) is 7.37. The molecule has 0 saturated heterocycles. The van der Waals surface area contributed by atoms with Gasteiger partial charge in [0.05, 0.1) is 7.11 Å². The molecule has 0 saturated carbocycles. The zero-order valence-electron chi connectivity index (χ0n) is 16.4. The summed E-state index contributed by atoms with van der Waals surface area (Å²) in [6, 6.07) is 24.8. The molecule has 4 nitrogen and oxygen atoms in total. The lowest BCUT2D eigenvalue weighted by Gasteiger charge is -2.09. The van der Waals surface area contributed by atoms with Crippen LogP contribution in [0.25, 0.3) is 21.9 Å². The first-order valence-electron chi connectivity index (χ1n) is 9.77. The van der Waals surface area contributed by atoms with Crippen LogP contribution in [0.2, 0.25) is 0 Å². The summed E-state index contributed by atoms with van der Waals surface area (Å²) in [4.78, 5) is 25.4. The quantitative estimate of drug-likeness (QED) is 0.468. The Kier molecular flexibility index (Phi) is 4.32. The van der Waals surface area contributed by atoms with Crippen molar-refractivity contribution in [3.63, 3.8) is 0 Å². The molecule has 4 heteroatoms. The Hall–Kier alpha value is -3.92. The molecule has 5 rings (SSSR count). The fourth-order valence-electron chi connectivity index (χ4n) is 3.96. The van der Waals surface area contributed by atoms with Gasteiger partial charge in [0.15, 0.2) is 5.78 Å². The number of ether oxygens (including phenoxy) is 1. The third-order valence-corrected chi connectivity index (χ3v) is 5.55. The minimum atomic E-state index is -0.198. The van der Waals surface area contributed by atoms with Gasteiger partial charge in [-0.15, -0.1) is 0 Å². The number of carbonyl (C=O) groups is 2. The number of rotatable bonds is 4. The normalized spacial score (nSPS) is 11.8.